The van der Waals surface area contributed by atoms with Gasteiger partial charge in [0.25, 0.3) is 0 Å². The molecule has 1 aliphatic rings. The van der Waals surface area contributed by atoms with Crippen LogP contribution < -0.4 is 5.32 Å². The van der Waals surface area contributed by atoms with Gasteiger partial charge in [0, 0.05) is 13.1 Å². The van der Waals surface area contributed by atoms with E-state index in [2.05, 4.69) is 29.4 Å². The molecule has 1 aromatic rings. The highest BCUT2D eigenvalue weighted by atomic mass is 32.1. The fourth-order valence-electron chi connectivity index (χ4n) is 2.17. The largest absolute Gasteiger partial charge is 0.324 e. The second-order valence-electron chi connectivity index (χ2n) is 4.74. The number of carbonyl (C=O) groups excluding carboxylic acids is 1. The molecular weight excluding hydrogens is 236 g/mol. The quantitative estimate of drug-likeness (QED) is 0.882. The van der Waals surface area contributed by atoms with Gasteiger partial charge in [0.1, 0.15) is 5.51 Å². The highest BCUT2D eigenvalue weighted by Crippen LogP contribution is 2.24. The van der Waals surface area contributed by atoms with Gasteiger partial charge in [-0.15, -0.1) is 10.2 Å². The van der Waals surface area contributed by atoms with Crippen LogP contribution >= 0.6 is 11.3 Å². The van der Waals surface area contributed by atoms with E-state index < -0.39 is 0 Å². The number of urea groups is 1. The van der Waals surface area contributed by atoms with Crippen molar-refractivity contribution in [1.29, 1.82) is 0 Å². The van der Waals surface area contributed by atoms with E-state index in [1.165, 1.54) is 11.3 Å². The zero-order valence-electron chi connectivity index (χ0n) is 10.2. The lowest BCUT2D eigenvalue weighted by molar-refractivity contribution is 0.167. The van der Waals surface area contributed by atoms with Crippen LogP contribution in [0.15, 0.2) is 5.51 Å². The van der Waals surface area contributed by atoms with E-state index in [9.17, 15) is 4.79 Å². The van der Waals surface area contributed by atoms with Gasteiger partial charge in [0.15, 0.2) is 0 Å². The van der Waals surface area contributed by atoms with Crippen molar-refractivity contribution in [3.8, 4) is 0 Å². The predicted octanol–water partition coefficient (Wildman–Crippen LogP) is 2.44. The summed E-state index contributed by atoms with van der Waals surface area (Å²) in [7, 11) is 0. The molecule has 0 aromatic carbocycles. The van der Waals surface area contributed by atoms with Crippen molar-refractivity contribution in [2.24, 2.45) is 11.8 Å². The van der Waals surface area contributed by atoms with E-state index in [1.807, 2.05) is 4.90 Å². The van der Waals surface area contributed by atoms with Gasteiger partial charge in [-0.05, 0) is 24.7 Å². The molecule has 2 amide bonds. The Bertz CT molecular complexity index is 358. The van der Waals surface area contributed by atoms with Gasteiger partial charge in [-0.1, -0.05) is 25.2 Å². The molecule has 6 heteroatoms. The molecule has 17 heavy (non-hydrogen) atoms. The average Bonchev–Trinajstić information content (AvgIpc) is 2.82. The number of aromatic nitrogens is 2. The highest BCUT2D eigenvalue weighted by Gasteiger charge is 2.24. The first kappa shape index (κ1) is 12.3. The van der Waals surface area contributed by atoms with E-state index in [0.717, 1.165) is 31.8 Å². The second kappa shape index (κ2) is 5.44. The minimum atomic E-state index is -0.0519. The molecule has 0 unspecified atom stereocenters. The van der Waals surface area contributed by atoms with Gasteiger partial charge >= 0.3 is 6.03 Å². The third-order valence-corrected chi connectivity index (χ3v) is 3.95. The third-order valence-electron chi connectivity index (χ3n) is 3.34. The number of hydrogen-bond acceptors (Lipinski definition) is 4. The molecule has 1 N–H and O–H groups in total. The van der Waals surface area contributed by atoms with Crippen molar-refractivity contribution in [3.63, 3.8) is 0 Å². The topological polar surface area (TPSA) is 58.1 Å². The Morgan fingerprint density at radius 3 is 2.76 bits per heavy atom. The van der Waals surface area contributed by atoms with Gasteiger partial charge in [0.05, 0.1) is 0 Å². The van der Waals surface area contributed by atoms with Crippen molar-refractivity contribution < 1.29 is 4.79 Å². The smallest absolute Gasteiger partial charge is 0.323 e. The number of nitrogens with one attached hydrogen (secondary N) is 1. The number of piperidine rings is 1. The van der Waals surface area contributed by atoms with Gasteiger partial charge < -0.3 is 4.90 Å². The third kappa shape index (κ3) is 3.15. The van der Waals surface area contributed by atoms with Crippen LogP contribution in [0.2, 0.25) is 0 Å². The van der Waals surface area contributed by atoms with Gasteiger partial charge in [-0.3, -0.25) is 5.32 Å². The number of anilines is 1. The monoisotopic (exact) mass is 254 g/mol. The SMILES string of the molecule is CC(C)C1CCN(C(=O)Nc2nncs2)CC1. The minimum Gasteiger partial charge on any atom is -0.324 e. The molecule has 5 nitrogen and oxygen atoms in total. The zero-order chi connectivity index (χ0) is 12.3. The summed E-state index contributed by atoms with van der Waals surface area (Å²) < 4.78 is 0. The molecule has 2 heterocycles. The van der Waals surface area contributed by atoms with Crippen molar-refractivity contribution in [3.05, 3.63) is 5.51 Å². The first-order valence-corrected chi connectivity index (χ1v) is 6.87. The van der Waals surface area contributed by atoms with E-state index >= 15 is 0 Å². The van der Waals surface area contributed by atoms with E-state index in [4.69, 9.17) is 0 Å². The summed E-state index contributed by atoms with van der Waals surface area (Å²) in [5.74, 6) is 1.46. The molecule has 0 radical (unpaired) electrons. The van der Waals surface area contributed by atoms with Crippen molar-refractivity contribution in [2.45, 2.75) is 26.7 Å². The molecule has 94 valence electrons. The Kier molecular flexibility index (Phi) is 3.93. The standard InChI is InChI=1S/C11H18N4OS/c1-8(2)9-3-5-15(6-4-9)11(16)13-10-14-12-7-17-10/h7-9H,3-6H2,1-2H3,(H,13,14,16). The molecule has 1 fully saturated rings. The molecule has 0 aliphatic carbocycles. The number of likely N-dealkylation sites (tertiary alicyclic amines) is 1. The fourth-order valence-corrected chi connectivity index (χ4v) is 2.60. The Morgan fingerprint density at radius 2 is 2.24 bits per heavy atom. The highest BCUT2D eigenvalue weighted by molar-refractivity contribution is 7.13. The number of carbonyl (C=O) groups is 1. The zero-order valence-corrected chi connectivity index (χ0v) is 11.0. The Hall–Kier alpha value is -1.17. The summed E-state index contributed by atoms with van der Waals surface area (Å²) >= 11 is 1.34. The van der Waals surface area contributed by atoms with Gasteiger partial charge in [-0.2, -0.15) is 0 Å². The number of amides is 2. The van der Waals surface area contributed by atoms with E-state index in [-0.39, 0.29) is 6.03 Å². The summed E-state index contributed by atoms with van der Waals surface area (Å²) in [5, 5.41) is 10.8. The predicted molar refractivity (Wildman–Crippen MR) is 68.1 cm³/mol. The Morgan fingerprint density at radius 1 is 1.53 bits per heavy atom. The molecule has 1 saturated heterocycles. The molecule has 2 rings (SSSR count). The Labute approximate surface area is 105 Å². The lowest BCUT2D eigenvalue weighted by atomic mass is 9.87. The summed E-state index contributed by atoms with van der Waals surface area (Å²) in [6.45, 7) is 6.18. The van der Waals surface area contributed by atoms with Crippen molar-refractivity contribution >= 4 is 22.5 Å². The average molecular weight is 254 g/mol. The van der Waals surface area contributed by atoms with Crippen molar-refractivity contribution in [1.82, 2.24) is 15.1 Å². The molecule has 0 spiro atoms. The van der Waals surface area contributed by atoms with Gasteiger partial charge in [0.2, 0.25) is 5.13 Å². The maximum absolute atomic E-state index is 11.9. The van der Waals surface area contributed by atoms with Crippen LogP contribution in [0.4, 0.5) is 9.93 Å². The number of hydrogen-bond donors (Lipinski definition) is 1. The van der Waals surface area contributed by atoms with Crippen LogP contribution in [0.25, 0.3) is 0 Å². The molecular formula is C11H18N4OS. The first-order valence-electron chi connectivity index (χ1n) is 5.99. The molecule has 0 bridgehead atoms. The molecule has 0 atom stereocenters. The normalized spacial score (nSPS) is 17.5. The Balaban J connectivity index is 1.82. The minimum absolute atomic E-state index is 0.0519. The first-order chi connectivity index (χ1) is 8.16. The number of nitrogens with zero attached hydrogens (tertiary/aromatic N) is 3. The maximum Gasteiger partial charge on any atom is 0.323 e. The second-order valence-corrected chi connectivity index (χ2v) is 5.58. The van der Waals surface area contributed by atoms with Gasteiger partial charge in [-0.25, -0.2) is 4.79 Å². The molecule has 1 aliphatic heterocycles. The van der Waals surface area contributed by atoms with E-state index in [0.29, 0.717) is 11.0 Å². The fraction of sp³-hybridized carbons (Fsp3) is 0.727. The summed E-state index contributed by atoms with van der Waals surface area (Å²) in [5.41, 5.74) is 1.61. The summed E-state index contributed by atoms with van der Waals surface area (Å²) in [6.07, 6.45) is 2.20. The van der Waals surface area contributed by atoms with Crippen LogP contribution in [-0.4, -0.2) is 34.2 Å². The van der Waals surface area contributed by atoms with Crippen LogP contribution in [0.3, 0.4) is 0 Å². The van der Waals surface area contributed by atoms with Crippen molar-refractivity contribution in [2.75, 3.05) is 18.4 Å². The van der Waals surface area contributed by atoms with Crippen LogP contribution in [0.5, 0.6) is 0 Å². The summed E-state index contributed by atoms with van der Waals surface area (Å²) in [4.78, 5) is 13.8. The van der Waals surface area contributed by atoms with E-state index in [1.54, 1.807) is 5.51 Å². The lowest BCUT2D eigenvalue weighted by Crippen LogP contribution is -2.41. The maximum atomic E-state index is 11.9. The molecule has 1 aromatic heterocycles. The number of rotatable bonds is 2. The summed E-state index contributed by atoms with van der Waals surface area (Å²) in [6, 6.07) is -0.0519. The van der Waals surface area contributed by atoms with Crippen LogP contribution in [0, 0.1) is 11.8 Å². The van der Waals surface area contributed by atoms with Crippen LogP contribution in [0.1, 0.15) is 26.7 Å². The molecule has 0 saturated carbocycles. The lowest BCUT2D eigenvalue weighted by Gasteiger charge is -2.33. The van der Waals surface area contributed by atoms with Crippen LogP contribution in [-0.2, 0) is 0 Å².